The molecule has 0 aliphatic heterocycles. The van der Waals surface area contributed by atoms with Gasteiger partial charge in [0, 0.05) is 12.1 Å². The van der Waals surface area contributed by atoms with Crippen LogP contribution in [-0.4, -0.2) is 10.9 Å². The van der Waals surface area contributed by atoms with E-state index in [1.807, 2.05) is 32.0 Å². The molecule has 0 aliphatic carbocycles. The van der Waals surface area contributed by atoms with E-state index in [-0.39, 0.29) is 11.3 Å². The molecule has 128 valence electrons. The third kappa shape index (κ3) is 5.08. The number of aromatic nitrogens is 1. The zero-order chi connectivity index (χ0) is 17.7. The third-order valence-corrected chi connectivity index (χ3v) is 3.64. The SMILES string of the molecule is CC(C)CC(=O)Nc1ccc(Nc2ccccc2C(C)(C)C)cn1. The van der Waals surface area contributed by atoms with Crippen molar-refractivity contribution in [3.8, 4) is 0 Å². The van der Waals surface area contributed by atoms with E-state index in [2.05, 4.69) is 54.6 Å². The Morgan fingerprint density at radius 3 is 2.42 bits per heavy atom. The van der Waals surface area contributed by atoms with Crippen LogP contribution in [0, 0.1) is 5.92 Å². The number of rotatable bonds is 5. The fourth-order valence-electron chi connectivity index (χ4n) is 2.51. The van der Waals surface area contributed by atoms with Gasteiger partial charge in [0.2, 0.25) is 5.91 Å². The van der Waals surface area contributed by atoms with Crippen molar-refractivity contribution in [3.05, 3.63) is 48.2 Å². The second-order valence-corrected chi connectivity index (χ2v) is 7.50. The van der Waals surface area contributed by atoms with Crippen LogP contribution in [0.4, 0.5) is 17.2 Å². The summed E-state index contributed by atoms with van der Waals surface area (Å²) < 4.78 is 0. The number of nitrogens with one attached hydrogen (secondary N) is 2. The van der Waals surface area contributed by atoms with E-state index < -0.39 is 0 Å². The third-order valence-electron chi connectivity index (χ3n) is 3.64. The Morgan fingerprint density at radius 1 is 1.12 bits per heavy atom. The molecule has 1 heterocycles. The second kappa shape index (κ2) is 7.47. The maximum absolute atomic E-state index is 11.8. The summed E-state index contributed by atoms with van der Waals surface area (Å²) in [6.07, 6.45) is 2.24. The highest BCUT2D eigenvalue weighted by Gasteiger charge is 2.17. The number of anilines is 3. The number of para-hydroxylation sites is 1. The molecule has 24 heavy (non-hydrogen) atoms. The molecular formula is C20H27N3O. The van der Waals surface area contributed by atoms with Gasteiger partial charge in [0.1, 0.15) is 5.82 Å². The molecule has 0 bridgehead atoms. The molecule has 0 saturated heterocycles. The highest BCUT2D eigenvalue weighted by atomic mass is 16.1. The van der Waals surface area contributed by atoms with Crippen molar-refractivity contribution >= 4 is 23.1 Å². The Labute approximate surface area is 144 Å². The first-order valence-corrected chi connectivity index (χ1v) is 8.38. The molecular weight excluding hydrogens is 298 g/mol. The molecule has 0 aliphatic rings. The number of pyridine rings is 1. The van der Waals surface area contributed by atoms with Gasteiger partial charge in [-0.1, -0.05) is 52.8 Å². The molecule has 1 aromatic heterocycles. The lowest BCUT2D eigenvalue weighted by Crippen LogP contribution is -2.15. The topological polar surface area (TPSA) is 54.0 Å². The van der Waals surface area contributed by atoms with Gasteiger partial charge in [-0.15, -0.1) is 0 Å². The summed E-state index contributed by atoms with van der Waals surface area (Å²) >= 11 is 0. The maximum Gasteiger partial charge on any atom is 0.225 e. The largest absolute Gasteiger partial charge is 0.354 e. The summed E-state index contributed by atoms with van der Waals surface area (Å²) in [5, 5.41) is 6.24. The summed E-state index contributed by atoms with van der Waals surface area (Å²) in [4.78, 5) is 16.1. The first kappa shape index (κ1) is 18.0. The lowest BCUT2D eigenvalue weighted by Gasteiger charge is -2.23. The van der Waals surface area contributed by atoms with Gasteiger partial charge in [0.15, 0.2) is 0 Å². The Balaban J connectivity index is 2.09. The van der Waals surface area contributed by atoms with Crippen molar-refractivity contribution in [1.29, 1.82) is 0 Å². The van der Waals surface area contributed by atoms with Crippen LogP contribution in [0.5, 0.6) is 0 Å². The predicted octanol–water partition coefficient (Wildman–Crippen LogP) is 5.11. The molecule has 1 aromatic carbocycles. The number of nitrogens with zero attached hydrogens (tertiary/aromatic N) is 1. The second-order valence-electron chi connectivity index (χ2n) is 7.50. The Morgan fingerprint density at radius 2 is 1.83 bits per heavy atom. The fraction of sp³-hybridized carbons (Fsp3) is 0.400. The van der Waals surface area contributed by atoms with Gasteiger partial charge in [0.05, 0.1) is 11.9 Å². The quantitative estimate of drug-likeness (QED) is 0.803. The molecule has 2 rings (SSSR count). The van der Waals surface area contributed by atoms with Gasteiger partial charge in [0.25, 0.3) is 0 Å². The van der Waals surface area contributed by atoms with Crippen LogP contribution >= 0.6 is 0 Å². The molecule has 4 heteroatoms. The maximum atomic E-state index is 11.8. The molecule has 0 fully saturated rings. The van der Waals surface area contributed by atoms with Crippen LogP contribution in [0.1, 0.15) is 46.6 Å². The molecule has 0 radical (unpaired) electrons. The summed E-state index contributed by atoms with van der Waals surface area (Å²) in [7, 11) is 0. The highest BCUT2D eigenvalue weighted by molar-refractivity contribution is 5.89. The number of benzene rings is 1. The molecule has 4 nitrogen and oxygen atoms in total. The number of carbonyl (C=O) groups is 1. The van der Waals surface area contributed by atoms with Crippen molar-refractivity contribution in [2.75, 3.05) is 10.6 Å². The average molecular weight is 325 g/mol. The van der Waals surface area contributed by atoms with Crippen LogP contribution in [0.2, 0.25) is 0 Å². The lowest BCUT2D eigenvalue weighted by atomic mass is 9.86. The summed E-state index contributed by atoms with van der Waals surface area (Å²) in [6.45, 7) is 10.6. The van der Waals surface area contributed by atoms with Crippen molar-refractivity contribution in [3.63, 3.8) is 0 Å². The summed E-state index contributed by atoms with van der Waals surface area (Å²) in [5.74, 6) is 0.909. The van der Waals surface area contributed by atoms with Crippen LogP contribution in [0.15, 0.2) is 42.6 Å². The van der Waals surface area contributed by atoms with Crippen molar-refractivity contribution in [1.82, 2.24) is 4.98 Å². The Hall–Kier alpha value is -2.36. The number of amides is 1. The van der Waals surface area contributed by atoms with Crippen LogP contribution in [0.3, 0.4) is 0 Å². The smallest absolute Gasteiger partial charge is 0.225 e. The molecule has 1 amide bonds. The molecule has 0 spiro atoms. The molecule has 2 aromatic rings. The van der Waals surface area contributed by atoms with Crippen LogP contribution in [0.25, 0.3) is 0 Å². The van der Waals surface area contributed by atoms with Gasteiger partial charge < -0.3 is 10.6 Å². The van der Waals surface area contributed by atoms with Crippen LogP contribution < -0.4 is 10.6 Å². The average Bonchev–Trinajstić information content (AvgIpc) is 2.48. The van der Waals surface area contributed by atoms with Crippen molar-refractivity contribution in [2.45, 2.75) is 46.5 Å². The number of carbonyl (C=O) groups excluding carboxylic acids is 1. The van der Waals surface area contributed by atoms with E-state index in [1.165, 1.54) is 5.56 Å². The van der Waals surface area contributed by atoms with E-state index in [0.717, 1.165) is 11.4 Å². The van der Waals surface area contributed by atoms with Crippen molar-refractivity contribution < 1.29 is 4.79 Å². The number of hydrogen-bond donors (Lipinski definition) is 2. The van der Waals surface area contributed by atoms with Crippen molar-refractivity contribution in [2.24, 2.45) is 5.92 Å². The fourth-order valence-corrected chi connectivity index (χ4v) is 2.51. The molecule has 0 saturated carbocycles. The standard InChI is InChI=1S/C20H27N3O/c1-14(2)12-19(24)23-18-11-10-15(13-21-18)22-17-9-7-6-8-16(17)20(3,4)5/h6-11,13-14,22H,12H2,1-5H3,(H,21,23,24). The summed E-state index contributed by atoms with van der Waals surface area (Å²) in [5.41, 5.74) is 3.28. The minimum Gasteiger partial charge on any atom is -0.354 e. The van der Waals surface area contributed by atoms with E-state index >= 15 is 0 Å². The highest BCUT2D eigenvalue weighted by Crippen LogP contribution is 2.31. The summed E-state index contributed by atoms with van der Waals surface area (Å²) in [6, 6.07) is 12.0. The Kier molecular flexibility index (Phi) is 5.60. The van der Waals surface area contributed by atoms with E-state index in [1.54, 1.807) is 6.20 Å². The normalized spacial score (nSPS) is 11.4. The lowest BCUT2D eigenvalue weighted by molar-refractivity contribution is -0.116. The zero-order valence-electron chi connectivity index (χ0n) is 15.2. The predicted molar refractivity (Wildman–Crippen MR) is 101 cm³/mol. The monoisotopic (exact) mass is 325 g/mol. The van der Waals surface area contributed by atoms with Gasteiger partial charge in [-0.2, -0.15) is 0 Å². The minimum absolute atomic E-state index is 0.00344. The van der Waals surface area contributed by atoms with E-state index in [0.29, 0.717) is 18.2 Å². The molecule has 0 unspecified atom stereocenters. The Bertz CT molecular complexity index is 685. The van der Waals surface area contributed by atoms with Gasteiger partial charge >= 0.3 is 0 Å². The molecule has 2 N–H and O–H groups in total. The van der Waals surface area contributed by atoms with Gasteiger partial charge in [-0.05, 0) is 35.1 Å². The number of hydrogen-bond acceptors (Lipinski definition) is 3. The first-order chi connectivity index (χ1) is 11.3. The van der Waals surface area contributed by atoms with Crippen LogP contribution in [-0.2, 0) is 10.2 Å². The van der Waals surface area contributed by atoms with Gasteiger partial charge in [-0.25, -0.2) is 4.98 Å². The first-order valence-electron chi connectivity index (χ1n) is 8.38. The molecule has 0 atom stereocenters. The minimum atomic E-state index is -0.00344. The van der Waals surface area contributed by atoms with E-state index in [4.69, 9.17) is 0 Å². The van der Waals surface area contributed by atoms with E-state index in [9.17, 15) is 4.79 Å². The van der Waals surface area contributed by atoms with Gasteiger partial charge in [-0.3, -0.25) is 4.79 Å². The zero-order valence-corrected chi connectivity index (χ0v) is 15.2.